The number of anilines is 2. The van der Waals surface area contributed by atoms with Crippen molar-refractivity contribution in [1.29, 1.82) is 0 Å². The van der Waals surface area contributed by atoms with E-state index in [0.29, 0.717) is 12.4 Å². The van der Waals surface area contributed by atoms with Crippen LogP contribution in [0, 0.1) is 6.92 Å². The Kier molecular flexibility index (Phi) is 2.18. The van der Waals surface area contributed by atoms with E-state index in [-0.39, 0.29) is 0 Å². The van der Waals surface area contributed by atoms with E-state index in [1.165, 1.54) is 6.33 Å². The van der Waals surface area contributed by atoms with Gasteiger partial charge in [-0.1, -0.05) is 0 Å². The first-order valence-electron chi connectivity index (χ1n) is 4.58. The predicted molar refractivity (Wildman–Crippen MR) is 59.4 cm³/mol. The maximum Gasteiger partial charge on any atom is 0.165 e. The van der Waals surface area contributed by atoms with Crippen LogP contribution in [-0.4, -0.2) is 33.8 Å². The molecule has 0 amide bonds. The first-order valence-corrected chi connectivity index (χ1v) is 4.58. The highest BCUT2D eigenvalue weighted by Gasteiger charge is 2.15. The van der Waals surface area contributed by atoms with Crippen LogP contribution >= 0.6 is 0 Å². The fraction of sp³-hybridized carbons (Fsp3) is 0.333. The Morgan fingerprint density at radius 3 is 2.80 bits per heavy atom. The lowest BCUT2D eigenvalue weighted by molar-refractivity contribution is 0.713. The summed E-state index contributed by atoms with van der Waals surface area (Å²) in [5.74, 6) is 1.22. The third-order valence-electron chi connectivity index (χ3n) is 2.18. The Hall–Kier alpha value is -1.85. The number of fused-ring (bicyclic) bond motifs is 1. The molecule has 0 aromatic carbocycles. The van der Waals surface area contributed by atoms with Gasteiger partial charge >= 0.3 is 0 Å². The summed E-state index contributed by atoms with van der Waals surface area (Å²) >= 11 is 0. The van der Waals surface area contributed by atoms with Crippen molar-refractivity contribution in [2.75, 3.05) is 24.7 Å². The molecule has 0 saturated heterocycles. The first kappa shape index (κ1) is 9.70. The topological polar surface area (TPSA) is 72.9 Å². The number of rotatable bonds is 2. The molecule has 2 rings (SSSR count). The van der Waals surface area contributed by atoms with Crippen LogP contribution in [0.15, 0.2) is 6.33 Å². The third kappa shape index (κ3) is 1.38. The van der Waals surface area contributed by atoms with Crippen LogP contribution in [0.4, 0.5) is 11.6 Å². The highest BCUT2D eigenvalue weighted by molar-refractivity contribution is 5.95. The van der Waals surface area contributed by atoms with Crippen LogP contribution in [0.1, 0.15) is 0 Å². The second-order valence-corrected chi connectivity index (χ2v) is 3.40. The van der Waals surface area contributed by atoms with Crippen molar-refractivity contribution in [2.45, 2.75) is 6.54 Å². The molecule has 0 atom stereocenters. The molecular weight excluding hydrogens is 192 g/mol. The number of aromatic nitrogens is 4. The Labute approximate surface area is 87.7 Å². The summed E-state index contributed by atoms with van der Waals surface area (Å²) in [5, 5.41) is 5.15. The monoisotopic (exact) mass is 205 g/mol. The minimum atomic E-state index is 0.448. The number of nitrogen functional groups attached to an aromatic ring is 1. The van der Waals surface area contributed by atoms with Crippen LogP contribution in [0.2, 0.25) is 0 Å². The number of nitrogens with zero attached hydrogens (tertiary/aromatic N) is 5. The van der Waals surface area contributed by atoms with Crippen molar-refractivity contribution in [3.8, 4) is 0 Å². The SMILES string of the molecule is [CH2]Cn1nc(N(C)C)c2c(N)ncnc21. The molecule has 1 radical (unpaired) electrons. The molecule has 6 nitrogen and oxygen atoms in total. The highest BCUT2D eigenvalue weighted by atomic mass is 15.4. The largest absolute Gasteiger partial charge is 0.383 e. The van der Waals surface area contributed by atoms with Crippen molar-refractivity contribution in [1.82, 2.24) is 19.7 Å². The van der Waals surface area contributed by atoms with Crippen molar-refractivity contribution < 1.29 is 0 Å². The van der Waals surface area contributed by atoms with Gasteiger partial charge < -0.3 is 10.6 Å². The maximum absolute atomic E-state index is 5.81. The molecule has 0 spiro atoms. The Morgan fingerprint density at radius 1 is 1.47 bits per heavy atom. The molecule has 2 heterocycles. The summed E-state index contributed by atoms with van der Waals surface area (Å²) in [6.07, 6.45) is 1.44. The lowest BCUT2D eigenvalue weighted by atomic mass is 10.3. The average molecular weight is 205 g/mol. The molecule has 0 fully saturated rings. The summed E-state index contributed by atoms with van der Waals surface area (Å²) in [4.78, 5) is 10.0. The van der Waals surface area contributed by atoms with Gasteiger partial charge in [0.1, 0.15) is 17.5 Å². The Bertz CT molecular complexity index is 487. The van der Waals surface area contributed by atoms with E-state index >= 15 is 0 Å². The fourth-order valence-corrected chi connectivity index (χ4v) is 1.48. The van der Waals surface area contributed by atoms with Gasteiger partial charge in [-0.3, -0.25) is 0 Å². The van der Waals surface area contributed by atoms with Crippen LogP contribution < -0.4 is 10.6 Å². The molecule has 79 valence electrons. The molecule has 2 N–H and O–H groups in total. The van der Waals surface area contributed by atoms with Crippen LogP contribution in [-0.2, 0) is 6.54 Å². The van der Waals surface area contributed by atoms with Gasteiger partial charge in [0.15, 0.2) is 11.5 Å². The van der Waals surface area contributed by atoms with E-state index in [4.69, 9.17) is 5.73 Å². The third-order valence-corrected chi connectivity index (χ3v) is 2.18. The molecular formula is C9H13N6. The Morgan fingerprint density at radius 2 is 2.20 bits per heavy atom. The van der Waals surface area contributed by atoms with Crippen molar-refractivity contribution in [3.05, 3.63) is 13.3 Å². The normalized spacial score (nSPS) is 10.9. The molecule has 6 heteroatoms. The zero-order valence-electron chi connectivity index (χ0n) is 8.80. The minimum Gasteiger partial charge on any atom is -0.383 e. The standard InChI is InChI=1S/C9H13N6/c1-4-15-8-6(7(10)11-5-12-8)9(13-15)14(2)3/h5H,1,4H2,2-3H3,(H2,10,11,12). The van der Waals surface area contributed by atoms with Gasteiger partial charge in [0, 0.05) is 20.6 Å². The lowest BCUT2D eigenvalue weighted by Crippen LogP contribution is -2.10. The molecule has 0 aliphatic heterocycles. The van der Waals surface area contributed by atoms with Crippen molar-refractivity contribution in [2.24, 2.45) is 0 Å². The molecule has 2 aromatic heterocycles. The quantitative estimate of drug-likeness (QED) is 0.763. The zero-order chi connectivity index (χ0) is 11.0. The van der Waals surface area contributed by atoms with Gasteiger partial charge in [-0.25, -0.2) is 14.6 Å². The number of hydrogen-bond donors (Lipinski definition) is 1. The second-order valence-electron chi connectivity index (χ2n) is 3.40. The van der Waals surface area contributed by atoms with Gasteiger partial charge in [0.2, 0.25) is 0 Å². The zero-order valence-corrected chi connectivity index (χ0v) is 8.80. The van der Waals surface area contributed by atoms with Gasteiger partial charge in [-0.05, 0) is 6.92 Å². The highest BCUT2D eigenvalue weighted by Crippen LogP contribution is 2.26. The molecule has 2 aromatic rings. The van der Waals surface area contributed by atoms with E-state index in [2.05, 4.69) is 22.0 Å². The van der Waals surface area contributed by atoms with Gasteiger partial charge in [-0.15, -0.1) is 0 Å². The number of nitrogens with two attached hydrogens (primary N) is 1. The molecule has 0 aliphatic carbocycles. The first-order chi connectivity index (χ1) is 7.15. The van der Waals surface area contributed by atoms with Crippen LogP contribution in [0.25, 0.3) is 11.0 Å². The fourth-order valence-electron chi connectivity index (χ4n) is 1.48. The molecule has 0 saturated carbocycles. The van der Waals surface area contributed by atoms with Crippen molar-refractivity contribution in [3.63, 3.8) is 0 Å². The van der Waals surface area contributed by atoms with Gasteiger partial charge in [0.25, 0.3) is 0 Å². The van der Waals surface area contributed by atoms with E-state index in [1.54, 1.807) is 4.68 Å². The summed E-state index contributed by atoms with van der Waals surface area (Å²) in [7, 11) is 3.81. The second kappa shape index (κ2) is 3.38. The number of hydrogen-bond acceptors (Lipinski definition) is 5. The molecule has 0 aliphatic rings. The van der Waals surface area contributed by atoms with Gasteiger partial charge in [0.05, 0.1) is 0 Å². The minimum absolute atomic E-state index is 0.448. The summed E-state index contributed by atoms with van der Waals surface area (Å²) in [6.45, 7) is 4.30. The maximum atomic E-state index is 5.81. The molecule has 0 unspecified atom stereocenters. The Balaban J connectivity index is 2.82. The summed E-state index contributed by atoms with van der Waals surface area (Å²) in [6, 6.07) is 0. The van der Waals surface area contributed by atoms with E-state index in [0.717, 1.165) is 16.9 Å². The van der Waals surface area contributed by atoms with Crippen molar-refractivity contribution >= 4 is 22.7 Å². The summed E-state index contributed by atoms with van der Waals surface area (Å²) < 4.78 is 1.71. The molecule has 15 heavy (non-hydrogen) atoms. The summed E-state index contributed by atoms with van der Waals surface area (Å²) in [5.41, 5.74) is 6.53. The predicted octanol–water partition coefficient (Wildman–Crippen LogP) is 0.309. The van der Waals surface area contributed by atoms with Gasteiger partial charge in [-0.2, -0.15) is 5.10 Å². The van der Waals surface area contributed by atoms with E-state index in [9.17, 15) is 0 Å². The molecule has 0 bridgehead atoms. The van der Waals surface area contributed by atoms with E-state index in [1.807, 2.05) is 19.0 Å². The smallest absolute Gasteiger partial charge is 0.165 e. The lowest BCUT2D eigenvalue weighted by Gasteiger charge is -2.08. The van der Waals surface area contributed by atoms with E-state index < -0.39 is 0 Å². The van der Waals surface area contributed by atoms with Crippen LogP contribution in [0.5, 0.6) is 0 Å². The average Bonchev–Trinajstić information content (AvgIpc) is 2.58. The van der Waals surface area contributed by atoms with Crippen LogP contribution in [0.3, 0.4) is 0 Å².